The van der Waals surface area contributed by atoms with Crippen molar-refractivity contribution in [1.82, 2.24) is 0 Å². The maximum atomic E-state index is 8.77. The van der Waals surface area contributed by atoms with Crippen LogP contribution < -0.4 is 14.2 Å². The van der Waals surface area contributed by atoms with Gasteiger partial charge >= 0.3 is 0 Å². The molecule has 0 unspecified atom stereocenters. The molecule has 4 nitrogen and oxygen atoms in total. The molecule has 4 heteroatoms. The van der Waals surface area contributed by atoms with Crippen LogP contribution in [0.3, 0.4) is 0 Å². The van der Waals surface area contributed by atoms with Gasteiger partial charge in [-0.05, 0) is 55.7 Å². The lowest BCUT2D eigenvalue weighted by Crippen LogP contribution is -2.04. The Hall–Kier alpha value is -2.67. The van der Waals surface area contributed by atoms with E-state index in [4.69, 9.17) is 19.5 Å². The van der Waals surface area contributed by atoms with Crippen LogP contribution in [0.4, 0.5) is 0 Å². The lowest BCUT2D eigenvalue weighted by molar-refractivity contribution is 0.264. The molecule has 0 atom stereocenters. The van der Waals surface area contributed by atoms with Crippen molar-refractivity contribution < 1.29 is 14.2 Å². The molecule has 0 aliphatic carbocycles. The summed E-state index contributed by atoms with van der Waals surface area (Å²) in [6.45, 7) is 3.44. The first-order chi connectivity index (χ1) is 12.3. The number of hydrogen-bond acceptors (Lipinski definition) is 4. The highest BCUT2D eigenvalue weighted by Crippen LogP contribution is 2.29. The summed E-state index contributed by atoms with van der Waals surface area (Å²) in [5, 5.41) is 8.77. The van der Waals surface area contributed by atoms with E-state index < -0.39 is 0 Å². The zero-order valence-corrected chi connectivity index (χ0v) is 15.0. The quantitative estimate of drug-likeness (QED) is 0.586. The van der Waals surface area contributed by atoms with Gasteiger partial charge in [-0.2, -0.15) is 5.26 Å². The summed E-state index contributed by atoms with van der Waals surface area (Å²) in [5.41, 5.74) is 1.78. The molecule has 0 fully saturated rings. The van der Waals surface area contributed by atoms with Crippen LogP contribution in [0.25, 0.3) is 0 Å². The van der Waals surface area contributed by atoms with Gasteiger partial charge in [0.05, 0.1) is 32.0 Å². The largest absolute Gasteiger partial charge is 0.496 e. The fraction of sp³-hybridized carbons (Fsp3) is 0.381. The standard InChI is InChI=1S/C21H25NO3/c1-3-7-19-20(23-2)8-6-9-21(19)25-15-5-4-14-24-18-12-10-17(16-22)11-13-18/h6,8-13H,3-5,7,14-15H2,1-2H3. The van der Waals surface area contributed by atoms with Crippen molar-refractivity contribution in [1.29, 1.82) is 5.26 Å². The van der Waals surface area contributed by atoms with Crippen molar-refractivity contribution in [2.24, 2.45) is 0 Å². The number of methoxy groups -OCH3 is 1. The van der Waals surface area contributed by atoms with E-state index in [1.807, 2.05) is 30.3 Å². The molecule has 0 heterocycles. The van der Waals surface area contributed by atoms with E-state index in [0.717, 1.165) is 48.5 Å². The highest BCUT2D eigenvalue weighted by atomic mass is 16.5. The van der Waals surface area contributed by atoms with E-state index >= 15 is 0 Å². The summed E-state index contributed by atoms with van der Waals surface area (Å²) in [5.74, 6) is 2.59. The van der Waals surface area contributed by atoms with Crippen LogP contribution in [0.2, 0.25) is 0 Å². The van der Waals surface area contributed by atoms with Gasteiger partial charge in [0.2, 0.25) is 0 Å². The Morgan fingerprint density at radius 3 is 2.24 bits per heavy atom. The molecule has 25 heavy (non-hydrogen) atoms. The summed E-state index contributed by atoms with van der Waals surface area (Å²) >= 11 is 0. The lowest BCUT2D eigenvalue weighted by Gasteiger charge is -2.14. The van der Waals surface area contributed by atoms with Gasteiger partial charge in [-0.1, -0.05) is 19.4 Å². The average molecular weight is 339 g/mol. The van der Waals surface area contributed by atoms with E-state index in [0.29, 0.717) is 18.8 Å². The van der Waals surface area contributed by atoms with Crippen LogP contribution in [-0.4, -0.2) is 20.3 Å². The van der Waals surface area contributed by atoms with Crippen molar-refractivity contribution >= 4 is 0 Å². The number of nitriles is 1. The average Bonchev–Trinajstić information content (AvgIpc) is 2.66. The van der Waals surface area contributed by atoms with E-state index in [1.165, 1.54) is 0 Å². The minimum Gasteiger partial charge on any atom is -0.496 e. The lowest BCUT2D eigenvalue weighted by atomic mass is 10.1. The highest BCUT2D eigenvalue weighted by Gasteiger charge is 2.09. The Morgan fingerprint density at radius 1 is 0.920 bits per heavy atom. The van der Waals surface area contributed by atoms with Crippen molar-refractivity contribution in [2.75, 3.05) is 20.3 Å². The molecule has 0 saturated carbocycles. The van der Waals surface area contributed by atoms with Crippen LogP contribution in [0, 0.1) is 11.3 Å². The van der Waals surface area contributed by atoms with E-state index in [2.05, 4.69) is 13.0 Å². The second kappa shape index (κ2) is 10.2. The topological polar surface area (TPSA) is 51.5 Å². The first-order valence-corrected chi connectivity index (χ1v) is 8.70. The van der Waals surface area contributed by atoms with Gasteiger partial charge < -0.3 is 14.2 Å². The van der Waals surface area contributed by atoms with Crippen molar-refractivity contribution in [2.45, 2.75) is 32.6 Å². The van der Waals surface area contributed by atoms with E-state index in [9.17, 15) is 0 Å². The van der Waals surface area contributed by atoms with Crippen LogP contribution in [-0.2, 0) is 6.42 Å². The maximum Gasteiger partial charge on any atom is 0.126 e. The fourth-order valence-corrected chi connectivity index (χ4v) is 2.57. The Balaban J connectivity index is 1.73. The minimum atomic E-state index is 0.634. The molecule has 0 radical (unpaired) electrons. The number of ether oxygens (including phenoxy) is 3. The molecule has 0 bridgehead atoms. The molecule has 0 N–H and O–H groups in total. The van der Waals surface area contributed by atoms with E-state index in [1.54, 1.807) is 19.2 Å². The molecule has 0 amide bonds. The Morgan fingerprint density at radius 2 is 1.60 bits per heavy atom. The highest BCUT2D eigenvalue weighted by molar-refractivity contribution is 5.44. The van der Waals surface area contributed by atoms with Gasteiger partial charge in [-0.15, -0.1) is 0 Å². The van der Waals surface area contributed by atoms with Gasteiger partial charge in [0.15, 0.2) is 0 Å². The third kappa shape index (κ3) is 5.72. The molecule has 0 aliphatic rings. The van der Waals surface area contributed by atoms with Gasteiger partial charge in [0.1, 0.15) is 17.2 Å². The van der Waals surface area contributed by atoms with Crippen LogP contribution in [0.15, 0.2) is 42.5 Å². The zero-order chi connectivity index (χ0) is 17.9. The predicted octanol–water partition coefficient (Wildman–Crippen LogP) is 4.76. The third-order valence-corrected chi connectivity index (χ3v) is 3.86. The number of benzene rings is 2. The smallest absolute Gasteiger partial charge is 0.126 e. The number of nitrogens with zero attached hydrogens (tertiary/aromatic N) is 1. The van der Waals surface area contributed by atoms with Crippen molar-refractivity contribution in [3.8, 4) is 23.3 Å². The van der Waals surface area contributed by atoms with Crippen LogP contribution in [0.5, 0.6) is 17.2 Å². The SMILES string of the molecule is CCCc1c(OC)cccc1OCCCCOc1ccc(C#N)cc1. The van der Waals surface area contributed by atoms with Gasteiger partial charge in [-0.3, -0.25) is 0 Å². The predicted molar refractivity (Wildman–Crippen MR) is 98.4 cm³/mol. The van der Waals surface area contributed by atoms with Gasteiger partial charge in [0.25, 0.3) is 0 Å². The molecule has 0 spiro atoms. The molecule has 2 aromatic rings. The van der Waals surface area contributed by atoms with Crippen LogP contribution >= 0.6 is 0 Å². The summed E-state index contributed by atoms with van der Waals surface area (Å²) in [7, 11) is 1.69. The number of unbranched alkanes of at least 4 members (excludes halogenated alkanes) is 1. The molecule has 0 aliphatic heterocycles. The maximum absolute atomic E-state index is 8.77. The summed E-state index contributed by atoms with van der Waals surface area (Å²) in [6, 6.07) is 15.2. The first kappa shape index (κ1) is 18.7. The molecular formula is C21H25NO3. The fourth-order valence-electron chi connectivity index (χ4n) is 2.57. The Labute approximate surface area is 150 Å². The minimum absolute atomic E-state index is 0.634. The normalized spacial score (nSPS) is 10.1. The molecular weight excluding hydrogens is 314 g/mol. The van der Waals surface area contributed by atoms with Crippen molar-refractivity contribution in [3.05, 3.63) is 53.6 Å². The van der Waals surface area contributed by atoms with Gasteiger partial charge in [-0.25, -0.2) is 0 Å². The molecule has 0 saturated heterocycles. The number of hydrogen-bond donors (Lipinski definition) is 0. The summed E-state index contributed by atoms with van der Waals surface area (Å²) in [6.07, 6.45) is 3.82. The second-order valence-corrected chi connectivity index (χ2v) is 5.73. The molecule has 2 aromatic carbocycles. The Kier molecular flexibility index (Phi) is 7.65. The monoisotopic (exact) mass is 339 g/mol. The molecule has 0 aromatic heterocycles. The first-order valence-electron chi connectivity index (χ1n) is 8.70. The van der Waals surface area contributed by atoms with Crippen molar-refractivity contribution in [3.63, 3.8) is 0 Å². The Bertz CT molecular complexity index is 689. The second-order valence-electron chi connectivity index (χ2n) is 5.73. The molecule has 2 rings (SSSR count). The van der Waals surface area contributed by atoms with Gasteiger partial charge in [0, 0.05) is 5.56 Å². The van der Waals surface area contributed by atoms with Crippen LogP contribution in [0.1, 0.15) is 37.3 Å². The zero-order valence-electron chi connectivity index (χ0n) is 15.0. The third-order valence-electron chi connectivity index (χ3n) is 3.86. The summed E-state index contributed by atoms with van der Waals surface area (Å²) in [4.78, 5) is 0. The molecule has 132 valence electrons. The van der Waals surface area contributed by atoms with E-state index in [-0.39, 0.29) is 0 Å². The number of rotatable bonds is 10. The summed E-state index contributed by atoms with van der Waals surface area (Å²) < 4.78 is 17.0.